The highest BCUT2D eigenvalue weighted by molar-refractivity contribution is 7.80. The van der Waals surface area contributed by atoms with Crippen LogP contribution >= 0.6 is 23.8 Å². The minimum Gasteiger partial charge on any atom is -0.352 e. The Balaban J connectivity index is 1.59. The fraction of sp³-hybridized carbons (Fsp3) is 0.368. The van der Waals surface area contributed by atoms with Gasteiger partial charge in [0.05, 0.1) is 36.8 Å². The molecule has 3 amide bonds. The number of terminal acetylenes is 1. The lowest BCUT2D eigenvalue weighted by Gasteiger charge is -2.36. The number of likely N-dealkylation sites (tertiary alicyclic amines) is 1. The summed E-state index contributed by atoms with van der Waals surface area (Å²) in [7, 11) is 0. The van der Waals surface area contributed by atoms with Crippen molar-refractivity contribution in [3.63, 3.8) is 0 Å². The van der Waals surface area contributed by atoms with Gasteiger partial charge in [0.15, 0.2) is 5.11 Å². The van der Waals surface area contributed by atoms with Crippen LogP contribution in [0.1, 0.15) is 12.0 Å². The SMILES string of the molecule is C#CCNC(=S)N1CC2CC1C1C(=O)N(c3ccc(CC#N)c(Cl)c3)C(=O)N21. The molecule has 0 saturated carbocycles. The minimum atomic E-state index is -0.575. The molecule has 7 nitrogen and oxygen atoms in total. The van der Waals surface area contributed by atoms with Gasteiger partial charge in [0, 0.05) is 11.6 Å². The fourth-order valence-electron chi connectivity index (χ4n) is 4.26. The number of urea groups is 1. The summed E-state index contributed by atoms with van der Waals surface area (Å²) in [6.07, 6.45) is 6.14. The first kappa shape index (κ1) is 18.5. The highest BCUT2D eigenvalue weighted by Gasteiger charge is 2.62. The number of anilines is 1. The first-order chi connectivity index (χ1) is 13.5. The van der Waals surface area contributed by atoms with Gasteiger partial charge in [-0.3, -0.25) is 4.79 Å². The van der Waals surface area contributed by atoms with Crippen molar-refractivity contribution in [1.29, 1.82) is 5.26 Å². The maximum atomic E-state index is 13.1. The van der Waals surface area contributed by atoms with Crippen molar-refractivity contribution in [2.45, 2.75) is 31.0 Å². The predicted molar refractivity (Wildman–Crippen MR) is 108 cm³/mol. The van der Waals surface area contributed by atoms with Crippen LogP contribution in [0.2, 0.25) is 5.02 Å². The number of nitrogens with zero attached hydrogens (tertiary/aromatic N) is 4. The average Bonchev–Trinajstić information content (AvgIpc) is 3.33. The standard InChI is InChI=1S/C19H16ClN5O2S/c1-2-7-22-18(28)23-10-13-9-15(23)16-17(26)25(19(27)24(13)16)12-4-3-11(5-6-21)14(20)8-12/h1,3-4,8,13,15-16H,5,7,9-10H2,(H,22,28). The van der Waals surface area contributed by atoms with Gasteiger partial charge < -0.3 is 15.1 Å². The van der Waals surface area contributed by atoms with Gasteiger partial charge in [0.2, 0.25) is 0 Å². The number of rotatable bonds is 3. The second-order valence-electron chi connectivity index (χ2n) is 6.89. The first-order valence-corrected chi connectivity index (χ1v) is 9.56. The number of nitrogens with one attached hydrogen (secondary N) is 1. The molecule has 0 aliphatic carbocycles. The Morgan fingerprint density at radius 1 is 1.43 bits per heavy atom. The quantitative estimate of drug-likeness (QED) is 0.459. The van der Waals surface area contributed by atoms with Crippen molar-refractivity contribution in [2.24, 2.45) is 0 Å². The van der Waals surface area contributed by atoms with Crippen molar-refractivity contribution in [2.75, 3.05) is 18.0 Å². The van der Waals surface area contributed by atoms with E-state index in [0.717, 1.165) is 0 Å². The van der Waals surface area contributed by atoms with E-state index in [1.807, 2.05) is 11.0 Å². The molecule has 3 aliphatic rings. The molecule has 1 N–H and O–H groups in total. The highest BCUT2D eigenvalue weighted by Crippen LogP contribution is 2.42. The Labute approximate surface area is 172 Å². The van der Waals surface area contributed by atoms with E-state index in [4.69, 9.17) is 35.5 Å². The molecular weight excluding hydrogens is 398 g/mol. The average molecular weight is 414 g/mol. The number of carbonyl (C=O) groups is 2. The molecule has 1 aromatic rings. The van der Waals surface area contributed by atoms with E-state index in [2.05, 4.69) is 11.2 Å². The fourth-order valence-corrected chi connectivity index (χ4v) is 4.78. The van der Waals surface area contributed by atoms with E-state index < -0.39 is 6.04 Å². The number of benzene rings is 1. The molecule has 3 fully saturated rings. The number of halogens is 1. The van der Waals surface area contributed by atoms with Crippen molar-refractivity contribution < 1.29 is 9.59 Å². The third-order valence-electron chi connectivity index (χ3n) is 5.43. The Morgan fingerprint density at radius 3 is 2.89 bits per heavy atom. The van der Waals surface area contributed by atoms with Crippen molar-refractivity contribution in [3.8, 4) is 18.4 Å². The molecule has 0 radical (unpaired) electrons. The van der Waals surface area contributed by atoms with Crippen LogP contribution < -0.4 is 10.2 Å². The third kappa shape index (κ3) is 2.69. The maximum absolute atomic E-state index is 13.1. The van der Waals surface area contributed by atoms with Gasteiger partial charge in [-0.1, -0.05) is 23.6 Å². The van der Waals surface area contributed by atoms with Gasteiger partial charge in [-0.2, -0.15) is 5.26 Å². The third-order valence-corrected chi connectivity index (χ3v) is 6.16. The maximum Gasteiger partial charge on any atom is 0.332 e. The molecule has 3 atom stereocenters. The van der Waals surface area contributed by atoms with Crippen LogP contribution in [-0.2, 0) is 11.2 Å². The number of thiocarbonyl (C=S) groups is 1. The van der Waals surface area contributed by atoms with Crippen molar-refractivity contribution in [1.82, 2.24) is 15.1 Å². The number of imide groups is 1. The lowest BCUT2D eigenvalue weighted by molar-refractivity contribution is -0.120. The Hall–Kier alpha value is -2.81. The molecule has 4 rings (SSSR count). The van der Waals surface area contributed by atoms with Crippen molar-refractivity contribution in [3.05, 3.63) is 28.8 Å². The number of nitriles is 1. The van der Waals surface area contributed by atoms with Crippen LogP contribution in [0.25, 0.3) is 0 Å². The summed E-state index contributed by atoms with van der Waals surface area (Å²) >= 11 is 11.6. The van der Waals surface area contributed by atoms with E-state index >= 15 is 0 Å². The molecule has 1 aromatic carbocycles. The Kier molecular flexibility index (Phi) is 4.62. The van der Waals surface area contributed by atoms with Crippen LogP contribution in [0.15, 0.2) is 18.2 Å². The van der Waals surface area contributed by atoms with Crippen LogP contribution in [0.5, 0.6) is 0 Å². The molecule has 0 aromatic heterocycles. The van der Waals surface area contributed by atoms with Gasteiger partial charge in [-0.05, 0) is 36.3 Å². The second kappa shape index (κ2) is 6.97. The summed E-state index contributed by atoms with van der Waals surface area (Å²) in [5, 5.41) is 12.7. The summed E-state index contributed by atoms with van der Waals surface area (Å²) in [6, 6.07) is 5.76. The second-order valence-corrected chi connectivity index (χ2v) is 7.68. The van der Waals surface area contributed by atoms with E-state index in [-0.39, 0.29) is 30.4 Å². The summed E-state index contributed by atoms with van der Waals surface area (Å²) < 4.78 is 0. The Morgan fingerprint density at radius 2 is 2.21 bits per heavy atom. The van der Waals surface area contributed by atoms with Gasteiger partial charge in [-0.15, -0.1) is 6.42 Å². The van der Waals surface area contributed by atoms with E-state index in [0.29, 0.717) is 40.9 Å². The molecule has 0 spiro atoms. The lowest BCUT2D eigenvalue weighted by Crippen LogP contribution is -2.56. The summed E-state index contributed by atoms with van der Waals surface area (Å²) in [5.41, 5.74) is 1.07. The van der Waals surface area contributed by atoms with E-state index in [1.165, 1.54) is 4.90 Å². The molecule has 3 heterocycles. The van der Waals surface area contributed by atoms with Crippen LogP contribution in [0.3, 0.4) is 0 Å². The molecule has 9 heteroatoms. The molecule has 142 valence electrons. The van der Waals surface area contributed by atoms with Gasteiger partial charge >= 0.3 is 6.03 Å². The normalized spacial score (nSPS) is 25.0. The number of carbonyl (C=O) groups excluding carboxylic acids is 2. The molecule has 3 aliphatic heterocycles. The van der Waals surface area contributed by atoms with E-state index in [9.17, 15) is 9.59 Å². The monoisotopic (exact) mass is 413 g/mol. The number of piperazine rings is 1. The molecule has 28 heavy (non-hydrogen) atoms. The molecular formula is C19H16ClN5O2S. The number of amides is 3. The van der Waals surface area contributed by atoms with Crippen molar-refractivity contribution >= 4 is 46.6 Å². The summed E-state index contributed by atoms with van der Waals surface area (Å²) in [5.74, 6) is 2.19. The Bertz CT molecular complexity index is 968. The number of fused-ring (bicyclic) bond motifs is 5. The lowest BCUT2D eigenvalue weighted by atomic mass is 10.1. The molecule has 3 unspecified atom stereocenters. The molecule has 3 saturated heterocycles. The summed E-state index contributed by atoms with van der Waals surface area (Å²) in [4.78, 5) is 30.9. The van der Waals surface area contributed by atoms with Crippen LogP contribution in [0, 0.1) is 23.7 Å². The number of hydrogen-bond acceptors (Lipinski definition) is 4. The van der Waals surface area contributed by atoms with Gasteiger partial charge in [-0.25, -0.2) is 9.69 Å². The molecule has 2 bridgehead atoms. The minimum absolute atomic E-state index is 0.0737. The number of hydrogen-bond donors (Lipinski definition) is 1. The van der Waals surface area contributed by atoms with Gasteiger partial charge in [0.25, 0.3) is 5.91 Å². The van der Waals surface area contributed by atoms with E-state index in [1.54, 1.807) is 23.1 Å². The largest absolute Gasteiger partial charge is 0.352 e. The van der Waals surface area contributed by atoms with Gasteiger partial charge in [0.1, 0.15) is 6.04 Å². The predicted octanol–water partition coefficient (Wildman–Crippen LogP) is 1.51. The zero-order chi connectivity index (χ0) is 20.0. The zero-order valence-corrected chi connectivity index (χ0v) is 16.3. The van der Waals surface area contributed by atoms with Crippen LogP contribution in [0.4, 0.5) is 10.5 Å². The topological polar surface area (TPSA) is 79.7 Å². The van der Waals surface area contributed by atoms with Crippen LogP contribution in [-0.4, -0.2) is 58.1 Å². The smallest absolute Gasteiger partial charge is 0.332 e. The zero-order valence-electron chi connectivity index (χ0n) is 14.8. The highest BCUT2D eigenvalue weighted by atomic mass is 35.5. The first-order valence-electron chi connectivity index (χ1n) is 8.77. The summed E-state index contributed by atoms with van der Waals surface area (Å²) in [6.45, 7) is 0.889.